The molecule has 146 valence electrons. The van der Waals surface area contributed by atoms with Crippen LogP contribution in [0, 0.1) is 11.3 Å². The van der Waals surface area contributed by atoms with Crippen molar-refractivity contribution in [2.45, 2.75) is 38.4 Å². The second-order valence-corrected chi connectivity index (χ2v) is 6.96. The van der Waals surface area contributed by atoms with E-state index in [1.54, 1.807) is 12.1 Å². The van der Waals surface area contributed by atoms with Crippen molar-refractivity contribution in [3.63, 3.8) is 0 Å². The Hall–Kier alpha value is -1.47. The number of benzene rings is 1. The summed E-state index contributed by atoms with van der Waals surface area (Å²) in [6.07, 6.45) is -0.173. The normalized spacial score (nSPS) is 25.1. The maximum absolute atomic E-state index is 12.8. The van der Waals surface area contributed by atoms with Crippen LogP contribution in [0.1, 0.15) is 31.2 Å². The maximum atomic E-state index is 12.8. The number of nitrogens with one attached hydrogen (secondary N) is 2. The summed E-state index contributed by atoms with van der Waals surface area (Å²) in [5.41, 5.74) is 0.394. The van der Waals surface area contributed by atoms with Crippen molar-refractivity contribution in [1.82, 2.24) is 10.6 Å². The van der Waals surface area contributed by atoms with Crippen molar-refractivity contribution in [3.8, 4) is 5.75 Å². The number of ether oxygens (including phenoxy) is 1. The minimum Gasteiger partial charge on any atom is -0.484 e. The molecule has 1 saturated carbocycles. The molecule has 8 heteroatoms. The maximum Gasteiger partial charge on any atom is 0.422 e. The number of amides is 1. The minimum atomic E-state index is -4.37. The number of halogens is 4. The summed E-state index contributed by atoms with van der Waals surface area (Å²) in [7, 11) is 0. The van der Waals surface area contributed by atoms with Crippen LogP contribution in [-0.4, -0.2) is 31.8 Å². The molecule has 2 atom stereocenters. The quantitative estimate of drug-likeness (QED) is 0.807. The van der Waals surface area contributed by atoms with E-state index in [0.29, 0.717) is 12.5 Å². The van der Waals surface area contributed by atoms with Gasteiger partial charge in [0.15, 0.2) is 6.61 Å². The van der Waals surface area contributed by atoms with Crippen LogP contribution in [0.5, 0.6) is 5.75 Å². The van der Waals surface area contributed by atoms with E-state index in [0.717, 1.165) is 31.4 Å². The molecule has 0 aromatic heterocycles. The number of hydrogen-bond acceptors (Lipinski definition) is 3. The van der Waals surface area contributed by atoms with Crippen molar-refractivity contribution in [3.05, 3.63) is 29.8 Å². The van der Waals surface area contributed by atoms with E-state index >= 15 is 0 Å². The highest BCUT2D eigenvalue weighted by Crippen LogP contribution is 2.43. The molecule has 1 saturated heterocycles. The highest BCUT2D eigenvalue weighted by Gasteiger charge is 2.49. The number of carbonyl (C=O) groups excluding carboxylic acids is 1. The number of fused-ring (bicyclic) bond motifs is 1. The van der Waals surface area contributed by atoms with Gasteiger partial charge in [-0.15, -0.1) is 12.4 Å². The van der Waals surface area contributed by atoms with Crippen LogP contribution in [0.25, 0.3) is 0 Å². The van der Waals surface area contributed by atoms with E-state index in [2.05, 4.69) is 10.6 Å². The Morgan fingerprint density at radius 3 is 2.92 bits per heavy atom. The summed E-state index contributed by atoms with van der Waals surface area (Å²) in [6, 6.07) is 6.42. The average molecular weight is 393 g/mol. The predicted octanol–water partition coefficient (Wildman–Crippen LogP) is 3.45. The Balaban J connectivity index is 0.00000243. The van der Waals surface area contributed by atoms with Crippen molar-refractivity contribution >= 4 is 18.3 Å². The minimum absolute atomic E-state index is 0. The summed E-state index contributed by atoms with van der Waals surface area (Å²) in [4.78, 5) is 12.8. The lowest BCUT2D eigenvalue weighted by Crippen LogP contribution is -2.47. The van der Waals surface area contributed by atoms with Crippen LogP contribution in [-0.2, 0) is 11.3 Å². The monoisotopic (exact) mass is 392 g/mol. The molecule has 1 heterocycles. The van der Waals surface area contributed by atoms with Gasteiger partial charge in [-0.1, -0.05) is 25.0 Å². The lowest BCUT2D eigenvalue weighted by atomic mass is 9.67. The van der Waals surface area contributed by atoms with Crippen LogP contribution >= 0.6 is 12.4 Å². The van der Waals surface area contributed by atoms with Crippen LogP contribution in [0.15, 0.2) is 24.3 Å². The first-order valence-electron chi connectivity index (χ1n) is 8.67. The van der Waals surface area contributed by atoms with Crippen LogP contribution < -0.4 is 15.4 Å². The highest BCUT2D eigenvalue weighted by atomic mass is 35.5. The molecule has 1 aliphatic heterocycles. The van der Waals surface area contributed by atoms with Crippen molar-refractivity contribution in [2.75, 3.05) is 19.7 Å². The molecule has 0 unspecified atom stereocenters. The number of alkyl halides is 3. The molecule has 1 aliphatic carbocycles. The molecule has 4 nitrogen and oxygen atoms in total. The number of hydrogen-bond donors (Lipinski definition) is 2. The van der Waals surface area contributed by atoms with Gasteiger partial charge < -0.3 is 15.4 Å². The fourth-order valence-corrected chi connectivity index (χ4v) is 3.96. The third kappa shape index (κ3) is 4.82. The lowest BCUT2D eigenvalue weighted by molar-refractivity contribution is -0.153. The van der Waals surface area contributed by atoms with Gasteiger partial charge in [-0.2, -0.15) is 13.2 Å². The van der Waals surface area contributed by atoms with Gasteiger partial charge in [-0.3, -0.25) is 4.79 Å². The Morgan fingerprint density at radius 2 is 2.15 bits per heavy atom. The standard InChI is InChI=1S/C18H23F3N2O2.ClH/c19-18(20,21)12-25-15-6-3-4-13(8-15)9-23-16(24)17-7-2-1-5-14(17)10-22-11-17;/h3-4,6,8,14,22H,1-2,5,7,9-12H2,(H,23,24);1H/t14-,17+;/m0./s1. The van der Waals surface area contributed by atoms with E-state index in [4.69, 9.17) is 4.74 Å². The van der Waals surface area contributed by atoms with Crippen molar-refractivity contribution in [2.24, 2.45) is 11.3 Å². The third-order valence-corrected chi connectivity index (χ3v) is 5.24. The second-order valence-electron chi connectivity index (χ2n) is 6.96. The Kier molecular flexibility index (Phi) is 6.80. The van der Waals surface area contributed by atoms with E-state index in [1.807, 2.05) is 0 Å². The van der Waals surface area contributed by atoms with E-state index in [9.17, 15) is 18.0 Å². The smallest absolute Gasteiger partial charge is 0.422 e. The lowest BCUT2D eigenvalue weighted by Gasteiger charge is -2.37. The molecule has 3 rings (SSSR count). The molecular weight excluding hydrogens is 369 g/mol. The molecule has 26 heavy (non-hydrogen) atoms. The van der Waals surface area contributed by atoms with Gasteiger partial charge in [0.2, 0.25) is 5.91 Å². The zero-order valence-corrected chi connectivity index (χ0v) is 15.2. The first-order chi connectivity index (χ1) is 11.9. The first-order valence-corrected chi connectivity index (χ1v) is 8.67. The highest BCUT2D eigenvalue weighted by molar-refractivity contribution is 5.85. The average Bonchev–Trinajstić information content (AvgIpc) is 3.03. The first kappa shape index (κ1) is 20.8. The van der Waals surface area contributed by atoms with Gasteiger partial charge in [0.1, 0.15) is 5.75 Å². The Bertz CT molecular complexity index is 627. The van der Waals surface area contributed by atoms with Gasteiger partial charge in [0.25, 0.3) is 0 Å². The molecular formula is C18H24ClF3N2O2. The van der Waals surface area contributed by atoms with E-state index < -0.39 is 12.8 Å². The largest absolute Gasteiger partial charge is 0.484 e. The zero-order valence-electron chi connectivity index (χ0n) is 14.4. The zero-order chi connectivity index (χ0) is 17.9. The van der Waals surface area contributed by atoms with Crippen molar-refractivity contribution < 1.29 is 22.7 Å². The summed E-state index contributed by atoms with van der Waals surface area (Å²) in [6.45, 7) is 0.558. The topological polar surface area (TPSA) is 50.4 Å². The van der Waals surface area contributed by atoms with Crippen LogP contribution in [0.4, 0.5) is 13.2 Å². The molecule has 1 amide bonds. The molecule has 0 spiro atoms. The molecule has 2 aliphatic rings. The molecule has 2 N–H and O–H groups in total. The fourth-order valence-electron chi connectivity index (χ4n) is 3.96. The van der Waals surface area contributed by atoms with Gasteiger partial charge in [-0.05, 0) is 43.0 Å². The Labute approximate surface area is 157 Å². The van der Waals surface area contributed by atoms with Crippen LogP contribution in [0.3, 0.4) is 0 Å². The Morgan fingerprint density at radius 1 is 1.35 bits per heavy atom. The molecule has 1 aromatic rings. The molecule has 0 bridgehead atoms. The fraction of sp³-hybridized carbons (Fsp3) is 0.611. The molecule has 0 radical (unpaired) electrons. The van der Waals surface area contributed by atoms with Gasteiger partial charge in [-0.25, -0.2) is 0 Å². The predicted molar refractivity (Wildman–Crippen MR) is 94.3 cm³/mol. The van der Waals surface area contributed by atoms with Gasteiger partial charge in [0, 0.05) is 13.1 Å². The van der Waals surface area contributed by atoms with Crippen molar-refractivity contribution in [1.29, 1.82) is 0 Å². The molecule has 2 fully saturated rings. The summed E-state index contributed by atoms with van der Waals surface area (Å²) in [5.74, 6) is 0.576. The van der Waals surface area contributed by atoms with E-state index in [1.165, 1.54) is 18.6 Å². The number of carbonyl (C=O) groups is 1. The van der Waals surface area contributed by atoms with Crippen LogP contribution in [0.2, 0.25) is 0 Å². The number of rotatable bonds is 5. The van der Waals surface area contributed by atoms with Gasteiger partial charge >= 0.3 is 6.18 Å². The summed E-state index contributed by atoms with van der Waals surface area (Å²) in [5, 5.41) is 6.31. The SMILES string of the molecule is Cl.O=C(NCc1cccc(OCC(F)(F)F)c1)[C@@]12CCCC[C@H]1CNC2. The third-order valence-electron chi connectivity index (χ3n) is 5.24. The summed E-state index contributed by atoms with van der Waals surface area (Å²) >= 11 is 0. The van der Waals surface area contributed by atoms with E-state index in [-0.39, 0.29) is 36.0 Å². The second kappa shape index (κ2) is 8.48. The summed E-state index contributed by atoms with van der Waals surface area (Å²) < 4.78 is 41.5. The van der Waals surface area contributed by atoms with Gasteiger partial charge in [0.05, 0.1) is 5.41 Å². The molecule has 1 aromatic carbocycles.